The highest BCUT2D eigenvalue weighted by atomic mass is 16.5. The van der Waals surface area contributed by atoms with Crippen molar-refractivity contribution in [3.8, 4) is 45.8 Å². The van der Waals surface area contributed by atoms with Gasteiger partial charge in [0.05, 0.1) is 19.0 Å². The lowest BCUT2D eigenvalue weighted by atomic mass is 9.85. The predicted molar refractivity (Wildman–Crippen MR) is 138 cm³/mol. The summed E-state index contributed by atoms with van der Waals surface area (Å²) in [5.41, 5.74) is -0.855. The van der Waals surface area contributed by atoms with Crippen LogP contribution in [0.3, 0.4) is 0 Å². The third-order valence-corrected chi connectivity index (χ3v) is 6.76. The van der Waals surface area contributed by atoms with Crippen LogP contribution in [0.25, 0.3) is 33.2 Å². The van der Waals surface area contributed by atoms with Crippen molar-refractivity contribution in [3.05, 3.63) is 80.2 Å². The highest BCUT2D eigenvalue weighted by Gasteiger charge is 2.36. The van der Waals surface area contributed by atoms with E-state index in [0.717, 1.165) is 18.2 Å². The van der Waals surface area contributed by atoms with E-state index in [1.807, 2.05) is 0 Å². The van der Waals surface area contributed by atoms with Crippen molar-refractivity contribution >= 4 is 27.8 Å². The molecule has 0 spiro atoms. The van der Waals surface area contributed by atoms with E-state index in [9.17, 15) is 34.8 Å². The molecule has 0 fully saturated rings. The maximum atomic E-state index is 13.2. The molecule has 5 aromatic rings. The Morgan fingerprint density at radius 3 is 2.46 bits per heavy atom. The standard InChI is InChI=1S/C28H19NO10/c1-37-13-4-2-11-6-15(28(36)29-16(11)8-13)14-9-21(33)38-20-10-19(32)23-24(34)25(35)26(39-27(23)22(14)20)12-3-5-17(30)18(31)7-12/h2-8,10,14,30-32,35H,9H2,1H3,(H,29,36). The molecule has 39 heavy (non-hydrogen) atoms. The number of hydrogen-bond acceptors (Lipinski definition) is 10. The fourth-order valence-electron chi connectivity index (χ4n) is 4.89. The van der Waals surface area contributed by atoms with Gasteiger partial charge in [-0.25, -0.2) is 0 Å². The molecule has 0 bridgehead atoms. The second kappa shape index (κ2) is 8.55. The van der Waals surface area contributed by atoms with Gasteiger partial charge in [-0.1, -0.05) is 0 Å². The summed E-state index contributed by atoms with van der Waals surface area (Å²) in [7, 11) is 1.50. The average Bonchev–Trinajstić information content (AvgIpc) is 2.90. The molecule has 11 heteroatoms. The first-order chi connectivity index (χ1) is 18.7. The van der Waals surface area contributed by atoms with Crippen LogP contribution < -0.4 is 20.5 Å². The lowest BCUT2D eigenvalue weighted by Gasteiger charge is -2.26. The van der Waals surface area contributed by atoms with Crippen LogP contribution in [0.5, 0.6) is 34.5 Å². The molecule has 1 unspecified atom stereocenters. The minimum atomic E-state index is -0.991. The van der Waals surface area contributed by atoms with E-state index in [1.165, 1.54) is 13.2 Å². The van der Waals surface area contributed by atoms with E-state index >= 15 is 0 Å². The minimum absolute atomic E-state index is 0.0424. The predicted octanol–water partition coefficient (Wildman–Crippen LogP) is 3.57. The summed E-state index contributed by atoms with van der Waals surface area (Å²) in [4.78, 5) is 41.8. The maximum absolute atomic E-state index is 13.2. The van der Waals surface area contributed by atoms with Crippen molar-refractivity contribution in [2.45, 2.75) is 12.3 Å². The number of phenols is 3. The Bertz CT molecular complexity index is 1970. The number of ether oxygens (including phenoxy) is 2. The minimum Gasteiger partial charge on any atom is -0.507 e. The van der Waals surface area contributed by atoms with Gasteiger partial charge in [0.25, 0.3) is 5.56 Å². The van der Waals surface area contributed by atoms with Gasteiger partial charge in [0.2, 0.25) is 11.2 Å². The number of fused-ring (bicyclic) bond motifs is 4. The number of aromatic nitrogens is 1. The zero-order chi connectivity index (χ0) is 27.6. The summed E-state index contributed by atoms with van der Waals surface area (Å²) < 4.78 is 16.5. The van der Waals surface area contributed by atoms with E-state index in [2.05, 4.69) is 4.98 Å². The van der Waals surface area contributed by atoms with Gasteiger partial charge in [-0.15, -0.1) is 0 Å². The van der Waals surface area contributed by atoms with E-state index < -0.39 is 45.9 Å². The first-order valence-corrected chi connectivity index (χ1v) is 11.7. The lowest BCUT2D eigenvalue weighted by molar-refractivity contribution is -0.135. The van der Waals surface area contributed by atoms with Crippen LogP contribution in [0.2, 0.25) is 0 Å². The smallest absolute Gasteiger partial charge is 0.312 e. The molecular weight excluding hydrogens is 510 g/mol. The number of esters is 1. The van der Waals surface area contributed by atoms with Crippen LogP contribution in [-0.2, 0) is 4.79 Å². The van der Waals surface area contributed by atoms with Crippen LogP contribution >= 0.6 is 0 Å². The lowest BCUT2D eigenvalue weighted by Crippen LogP contribution is -2.26. The first kappa shape index (κ1) is 23.9. The van der Waals surface area contributed by atoms with Gasteiger partial charge < -0.3 is 39.3 Å². The van der Waals surface area contributed by atoms with Crippen molar-refractivity contribution in [2.75, 3.05) is 7.11 Å². The van der Waals surface area contributed by atoms with Crippen molar-refractivity contribution in [1.29, 1.82) is 0 Å². The fraction of sp³-hybridized carbons (Fsp3) is 0.107. The molecule has 0 aliphatic carbocycles. The molecule has 2 aromatic heterocycles. The Hall–Kier alpha value is -5.45. The third-order valence-electron chi connectivity index (χ3n) is 6.76. The molecule has 3 aromatic carbocycles. The number of phenolic OH excluding ortho intramolecular Hbond substituents is 3. The monoisotopic (exact) mass is 529 g/mol. The molecule has 3 heterocycles. The molecule has 196 valence electrons. The van der Waals surface area contributed by atoms with E-state index in [4.69, 9.17) is 13.9 Å². The molecule has 1 aliphatic heterocycles. The number of nitrogens with one attached hydrogen (secondary N) is 1. The topological polar surface area (TPSA) is 180 Å². The van der Waals surface area contributed by atoms with Crippen molar-refractivity contribution in [2.24, 2.45) is 0 Å². The Labute approximate surface area is 217 Å². The molecule has 11 nitrogen and oxygen atoms in total. The van der Waals surface area contributed by atoms with E-state index in [-0.39, 0.29) is 45.6 Å². The summed E-state index contributed by atoms with van der Waals surface area (Å²) in [6, 6.07) is 11.3. The largest absolute Gasteiger partial charge is 0.507 e. The second-order valence-electron chi connectivity index (χ2n) is 9.06. The summed E-state index contributed by atoms with van der Waals surface area (Å²) in [5.74, 6) is -4.01. The van der Waals surface area contributed by atoms with Crippen LogP contribution in [0.4, 0.5) is 0 Å². The number of carbonyl (C=O) groups is 1. The highest BCUT2D eigenvalue weighted by Crippen LogP contribution is 2.47. The number of methoxy groups -OCH3 is 1. The van der Waals surface area contributed by atoms with Gasteiger partial charge in [-0.2, -0.15) is 0 Å². The normalized spacial score (nSPS) is 14.8. The van der Waals surface area contributed by atoms with Crippen molar-refractivity contribution in [3.63, 3.8) is 0 Å². The van der Waals surface area contributed by atoms with Crippen LogP contribution in [0.15, 0.2) is 62.5 Å². The van der Waals surface area contributed by atoms with Crippen LogP contribution in [0, 0.1) is 0 Å². The maximum Gasteiger partial charge on any atom is 0.312 e. The fourth-order valence-corrected chi connectivity index (χ4v) is 4.89. The van der Waals surface area contributed by atoms with Gasteiger partial charge in [0, 0.05) is 34.7 Å². The molecule has 0 saturated heterocycles. The number of aromatic hydroxyl groups is 4. The van der Waals surface area contributed by atoms with E-state index in [1.54, 1.807) is 24.3 Å². The van der Waals surface area contributed by atoms with Gasteiger partial charge >= 0.3 is 5.97 Å². The summed E-state index contributed by atoms with van der Waals surface area (Å²) in [5, 5.41) is 41.2. The highest BCUT2D eigenvalue weighted by molar-refractivity contribution is 5.94. The first-order valence-electron chi connectivity index (χ1n) is 11.7. The summed E-state index contributed by atoms with van der Waals surface area (Å²) in [6.07, 6.45) is -0.280. The summed E-state index contributed by atoms with van der Waals surface area (Å²) in [6.45, 7) is 0. The molecule has 5 N–H and O–H groups in total. The van der Waals surface area contributed by atoms with Crippen LogP contribution in [0.1, 0.15) is 23.5 Å². The number of carbonyl (C=O) groups excluding carboxylic acids is 1. The SMILES string of the molecule is COc1ccc2cc(C3CC(=O)Oc4cc(O)c5c(=O)c(O)c(-c6ccc(O)c(O)c6)oc5c43)c(=O)[nH]c2c1. The van der Waals surface area contributed by atoms with Gasteiger partial charge in [-0.05, 0) is 41.8 Å². The third kappa shape index (κ3) is 3.71. The zero-order valence-electron chi connectivity index (χ0n) is 20.1. The Morgan fingerprint density at radius 1 is 0.923 bits per heavy atom. The number of aromatic amines is 1. The number of benzene rings is 3. The summed E-state index contributed by atoms with van der Waals surface area (Å²) >= 11 is 0. The molecule has 0 amide bonds. The quantitative estimate of drug-likeness (QED) is 0.132. The number of pyridine rings is 1. The van der Waals surface area contributed by atoms with Gasteiger partial charge in [0.15, 0.2) is 17.3 Å². The molecule has 6 rings (SSSR count). The molecule has 0 radical (unpaired) electrons. The Morgan fingerprint density at radius 2 is 1.72 bits per heavy atom. The average molecular weight is 529 g/mol. The van der Waals surface area contributed by atoms with E-state index in [0.29, 0.717) is 16.7 Å². The molecular formula is C28H19NO10. The van der Waals surface area contributed by atoms with Crippen molar-refractivity contribution < 1.29 is 39.1 Å². The molecule has 0 saturated carbocycles. The van der Waals surface area contributed by atoms with Gasteiger partial charge in [0.1, 0.15) is 28.2 Å². The zero-order valence-corrected chi connectivity index (χ0v) is 20.1. The second-order valence-corrected chi connectivity index (χ2v) is 9.06. The number of H-pyrrole nitrogens is 1. The Balaban J connectivity index is 1.66. The van der Waals surface area contributed by atoms with Gasteiger partial charge in [-0.3, -0.25) is 14.4 Å². The number of rotatable bonds is 3. The molecule has 1 aliphatic rings. The van der Waals surface area contributed by atoms with Crippen molar-refractivity contribution in [1.82, 2.24) is 4.98 Å². The van der Waals surface area contributed by atoms with Crippen LogP contribution in [-0.4, -0.2) is 38.5 Å². The number of hydrogen-bond donors (Lipinski definition) is 5. The molecule has 1 atom stereocenters. The Kier molecular flexibility index (Phi) is 5.25.